The summed E-state index contributed by atoms with van der Waals surface area (Å²) in [5.74, 6) is -0.477. The number of halogens is 1. The van der Waals surface area contributed by atoms with Gasteiger partial charge in [-0.05, 0) is 30.5 Å². The van der Waals surface area contributed by atoms with Crippen LogP contribution in [0.5, 0.6) is 0 Å². The normalized spacial score (nSPS) is 22.0. The first-order valence-electron chi connectivity index (χ1n) is 9.04. The van der Waals surface area contributed by atoms with Crippen molar-refractivity contribution >= 4 is 10.0 Å². The Bertz CT molecular complexity index is 651. The lowest BCUT2D eigenvalue weighted by molar-refractivity contribution is -0.0348. The van der Waals surface area contributed by atoms with Crippen LogP contribution in [0.4, 0.5) is 4.39 Å². The molecule has 1 saturated heterocycles. The van der Waals surface area contributed by atoms with Crippen LogP contribution in [0.3, 0.4) is 0 Å². The highest BCUT2D eigenvalue weighted by atomic mass is 32.2. The van der Waals surface area contributed by atoms with Crippen LogP contribution in [0.15, 0.2) is 24.3 Å². The highest BCUT2D eigenvalue weighted by Gasteiger charge is 2.39. The van der Waals surface area contributed by atoms with Crippen LogP contribution in [0.2, 0.25) is 0 Å². The van der Waals surface area contributed by atoms with Gasteiger partial charge in [-0.15, -0.1) is 0 Å². The van der Waals surface area contributed by atoms with Crippen LogP contribution in [-0.4, -0.2) is 51.7 Å². The molecule has 0 aromatic heterocycles. The molecule has 1 saturated carbocycles. The predicted molar refractivity (Wildman–Crippen MR) is 95.2 cm³/mol. The lowest BCUT2D eigenvalue weighted by Gasteiger charge is -2.48. The van der Waals surface area contributed by atoms with Crippen LogP contribution in [0.25, 0.3) is 0 Å². The lowest BCUT2D eigenvalue weighted by atomic mass is 9.80. The molecule has 1 aromatic carbocycles. The fourth-order valence-electron chi connectivity index (χ4n) is 3.95. The van der Waals surface area contributed by atoms with Crippen molar-refractivity contribution in [2.75, 3.05) is 32.8 Å². The van der Waals surface area contributed by atoms with E-state index in [4.69, 9.17) is 4.74 Å². The van der Waals surface area contributed by atoms with Crippen LogP contribution >= 0.6 is 0 Å². The molecule has 0 unspecified atom stereocenters. The second kappa shape index (κ2) is 8.12. The maximum atomic E-state index is 13.0. The summed E-state index contributed by atoms with van der Waals surface area (Å²) in [7, 11) is -3.45. The number of benzene rings is 1. The summed E-state index contributed by atoms with van der Waals surface area (Å²) in [6, 6.07) is 5.63. The number of sulfonamides is 1. The van der Waals surface area contributed by atoms with Crippen LogP contribution in [-0.2, 0) is 20.5 Å². The quantitative estimate of drug-likeness (QED) is 0.835. The maximum absolute atomic E-state index is 13.0. The monoisotopic (exact) mass is 370 g/mol. The Labute approximate surface area is 149 Å². The van der Waals surface area contributed by atoms with Gasteiger partial charge in [-0.3, -0.25) is 4.90 Å². The summed E-state index contributed by atoms with van der Waals surface area (Å²) in [4.78, 5) is 2.41. The van der Waals surface area contributed by atoms with Gasteiger partial charge >= 0.3 is 0 Å². The number of nitrogens with one attached hydrogen (secondary N) is 1. The van der Waals surface area contributed by atoms with Crippen molar-refractivity contribution in [3.63, 3.8) is 0 Å². The van der Waals surface area contributed by atoms with Gasteiger partial charge in [0.25, 0.3) is 0 Å². The summed E-state index contributed by atoms with van der Waals surface area (Å²) < 4.78 is 46.3. The molecule has 2 fully saturated rings. The Morgan fingerprint density at radius 2 is 1.72 bits per heavy atom. The number of hydrogen-bond donors (Lipinski definition) is 1. The Balaban J connectivity index is 1.66. The SMILES string of the molecule is O=S(=O)(Cc1ccc(F)cc1)NCC1(N2CCOCC2)CCCCC1. The second-order valence-electron chi connectivity index (χ2n) is 7.09. The second-order valence-corrected chi connectivity index (χ2v) is 8.90. The highest BCUT2D eigenvalue weighted by molar-refractivity contribution is 7.88. The van der Waals surface area contributed by atoms with Crippen molar-refractivity contribution < 1.29 is 17.5 Å². The van der Waals surface area contributed by atoms with Gasteiger partial charge in [-0.1, -0.05) is 31.4 Å². The molecule has 140 valence electrons. The van der Waals surface area contributed by atoms with Crippen molar-refractivity contribution in [1.82, 2.24) is 9.62 Å². The standard InChI is InChI=1S/C18H27FN2O3S/c19-17-6-4-16(5-7-17)14-25(22,23)20-15-18(8-2-1-3-9-18)21-10-12-24-13-11-21/h4-7,20H,1-3,8-15H2. The smallest absolute Gasteiger partial charge is 0.215 e. The predicted octanol–water partition coefficient (Wildman–Crippen LogP) is 2.28. The van der Waals surface area contributed by atoms with E-state index in [0.29, 0.717) is 25.3 Å². The summed E-state index contributed by atoms with van der Waals surface area (Å²) in [5, 5.41) is 0. The summed E-state index contributed by atoms with van der Waals surface area (Å²) in [6.45, 7) is 3.59. The molecule has 1 N–H and O–H groups in total. The fourth-order valence-corrected chi connectivity index (χ4v) is 5.17. The zero-order valence-corrected chi connectivity index (χ0v) is 15.4. The van der Waals surface area contributed by atoms with E-state index >= 15 is 0 Å². The van der Waals surface area contributed by atoms with E-state index < -0.39 is 10.0 Å². The molecular formula is C18H27FN2O3S. The molecule has 25 heavy (non-hydrogen) atoms. The molecule has 1 aromatic rings. The average Bonchev–Trinajstić information content (AvgIpc) is 2.64. The number of rotatable bonds is 6. The van der Waals surface area contributed by atoms with Gasteiger partial charge in [0.15, 0.2) is 0 Å². The summed E-state index contributed by atoms with van der Waals surface area (Å²) in [6.07, 6.45) is 5.53. The van der Waals surface area contributed by atoms with Crippen molar-refractivity contribution in [3.8, 4) is 0 Å². The molecule has 1 aliphatic heterocycles. The van der Waals surface area contributed by atoms with Crippen molar-refractivity contribution in [1.29, 1.82) is 0 Å². The van der Waals surface area contributed by atoms with Gasteiger partial charge in [0.1, 0.15) is 5.82 Å². The van der Waals surface area contributed by atoms with E-state index in [9.17, 15) is 12.8 Å². The topological polar surface area (TPSA) is 58.6 Å². The van der Waals surface area contributed by atoms with Crippen molar-refractivity contribution in [2.24, 2.45) is 0 Å². The summed E-state index contributed by atoms with van der Waals surface area (Å²) >= 11 is 0. The Morgan fingerprint density at radius 1 is 1.08 bits per heavy atom. The van der Waals surface area contributed by atoms with Crippen LogP contribution in [0, 0.1) is 5.82 Å². The average molecular weight is 370 g/mol. The Hall–Kier alpha value is -1.02. The maximum Gasteiger partial charge on any atom is 0.215 e. The molecule has 0 amide bonds. The number of ether oxygens (including phenoxy) is 1. The highest BCUT2D eigenvalue weighted by Crippen LogP contribution is 2.34. The molecule has 7 heteroatoms. The zero-order valence-electron chi connectivity index (χ0n) is 14.5. The van der Waals surface area contributed by atoms with E-state index in [1.54, 1.807) is 0 Å². The fraction of sp³-hybridized carbons (Fsp3) is 0.667. The first-order valence-corrected chi connectivity index (χ1v) is 10.7. The molecule has 0 spiro atoms. The molecule has 1 aliphatic carbocycles. The Morgan fingerprint density at radius 3 is 2.36 bits per heavy atom. The van der Waals surface area contributed by atoms with Gasteiger partial charge in [0.05, 0.1) is 19.0 Å². The van der Waals surface area contributed by atoms with E-state index in [2.05, 4.69) is 9.62 Å². The third-order valence-electron chi connectivity index (χ3n) is 5.36. The van der Waals surface area contributed by atoms with Crippen molar-refractivity contribution in [2.45, 2.75) is 43.4 Å². The van der Waals surface area contributed by atoms with Crippen molar-refractivity contribution in [3.05, 3.63) is 35.6 Å². The van der Waals surface area contributed by atoms with Crippen LogP contribution < -0.4 is 4.72 Å². The van der Waals surface area contributed by atoms with Gasteiger partial charge in [0.2, 0.25) is 10.0 Å². The molecule has 0 bridgehead atoms. The van der Waals surface area contributed by atoms with Gasteiger partial charge in [-0.25, -0.2) is 17.5 Å². The first-order chi connectivity index (χ1) is 12.0. The summed E-state index contributed by atoms with van der Waals surface area (Å²) in [5.41, 5.74) is 0.496. The van der Waals surface area contributed by atoms with E-state index in [1.807, 2.05) is 0 Å². The van der Waals surface area contributed by atoms with E-state index in [1.165, 1.54) is 30.7 Å². The molecule has 0 radical (unpaired) electrons. The molecule has 0 atom stereocenters. The minimum absolute atomic E-state index is 0.0993. The van der Waals surface area contributed by atoms with Gasteiger partial charge in [0, 0.05) is 25.2 Å². The van der Waals surface area contributed by atoms with Gasteiger partial charge in [-0.2, -0.15) is 0 Å². The first kappa shape index (κ1) is 18.8. The molecule has 3 rings (SSSR count). The number of hydrogen-bond acceptors (Lipinski definition) is 4. The van der Waals surface area contributed by atoms with Gasteiger partial charge < -0.3 is 4.74 Å². The Kier molecular flexibility index (Phi) is 6.09. The zero-order chi connectivity index (χ0) is 17.8. The third kappa shape index (κ3) is 5.00. The molecular weight excluding hydrogens is 343 g/mol. The van der Waals surface area contributed by atoms with E-state index in [0.717, 1.165) is 38.8 Å². The molecule has 5 nitrogen and oxygen atoms in total. The number of morpholine rings is 1. The number of nitrogens with zero attached hydrogens (tertiary/aromatic N) is 1. The third-order valence-corrected chi connectivity index (χ3v) is 6.65. The molecule has 1 heterocycles. The minimum atomic E-state index is -3.45. The van der Waals surface area contributed by atoms with Crippen LogP contribution in [0.1, 0.15) is 37.7 Å². The van der Waals surface area contributed by atoms with E-state index in [-0.39, 0.29) is 17.1 Å². The molecule has 2 aliphatic rings. The largest absolute Gasteiger partial charge is 0.379 e. The minimum Gasteiger partial charge on any atom is -0.379 e. The lowest BCUT2D eigenvalue weighted by Crippen LogP contribution is -2.59.